The minimum absolute atomic E-state index is 0.201. The minimum Gasteiger partial charge on any atom is -0.342 e. The van der Waals surface area contributed by atoms with Gasteiger partial charge >= 0.3 is 0 Å². The van der Waals surface area contributed by atoms with Crippen LogP contribution in [-0.2, 0) is 9.59 Å². The quantitative estimate of drug-likeness (QED) is 0.791. The Morgan fingerprint density at radius 2 is 1.96 bits per heavy atom. The molecule has 2 aliphatic heterocycles. The summed E-state index contributed by atoms with van der Waals surface area (Å²) in [6.45, 7) is 3.31. The highest BCUT2D eigenvalue weighted by atomic mass is 32.2. The topological polar surface area (TPSA) is 40.6 Å². The molecule has 1 aliphatic carbocycles. The first kappa shape index (κ1) is 17.1. The molecule has 4 nitrogen and oxygen atoms in total. The van der Waals surface area contributed by atoms with Crippen LogP contribution in [0.25, 0.3) is 0 Å². The number of thioether (sulfide) groups is 1. The summed E-state index contributed by atoms with van der Waals surface area (Å²) >= 11 is 1.57. The van der Waals surface area contributed by atoms with E-state index in [1.807, 2.05) is 11.2 Å². The van der Waals surface area contributed by atoms with Gasteiger partial charge in [-0.25, -0.2) is 0 Å². The van der Waals surface area contributed by atoms with Crippen LogP contribution in [-0.4, -0.2) is 59.8 Å². The second-order valence-electron chi connectivity index (χ2n) is 7.64. The molecule has 0 N–H and O–H groups in total. The molecule has 2 amide bonds. The van der Waals surface area contributed by atoms with Crippen molar-refractivity contribution in [2.75, 3.05) is 38.2 Å². The monoisotopic (exact) mass is 338 g/mol. The highest BCUT2D eigenvalue weighted by molar-refractivity contribution is 7.99. The maximum Gasteiger partial charge on any atom is 0.232 e. The van der Waals surface area contributed by atoms with Crippen molar-refractivity contribution in [3.05, 3.63) is 0 Å². The summed E-state index contributed by atoms with van der Waals surface area (Å²) in [5, 5.41) is 0. The molecule has 0 bridgehead atoms. The summed E-state index contributed by atoms with van der Waals surface area (Å²) in [4.78, 5) is 29.4. The lowest BCUT2D eigenvalue weighted by atomic mass is 9.77. The van der Waals surface area contributed by atoms with E-state index in [1.165, 1.54) is 32.1 Å². The zero-order valence-electron chi connectivity index (χ0n) is 14.4. The number of likely N-dealkylation sites (tertiary alicyclic amines) is 2. The summed E-state index contributed by atoms with van der Waals surface area (Å²) in [6.07, 6.45) is 11.5. The number of amides is 2. The van der Waals surface area contributed by atoms with Crippen LogP contribution in [0.2, 0.25) is 0 Å². The van der Waals surface area contributed by atoms with Gasteiger partial charge in [0.2, 0.25) is 11.8 Å². The molecule has 2 saturated heterocycles. The maximum absolute atomic E-state index is 13.1. The van der Waals surface area contributed by atoms with Crippen LogP contribution in [0.4, 0.5) is 0 Å². The van der Waals surface area contributed by atoms with Gasteiger partial charge in [0.05, 0.1) is 11.2 Å². The van der Waals surface area contributed by atoms with Gasteiger partial charge in [-0.3, -0.25) is 9.59 Å². The second kappa shape index (κ2) is 7.45. The van der Waals surface area contributed by atoms with Gasteiger partial charge < -0.3 is 9.80 Å². The third-order valence-electron chi connectivity index (χ3n) is 6.00. The Balaban J connectivity index is 1.61. The SMILES string of the molecule is CSCC(=O)N1CC[C@@]2(CCCN(CC3CCCCC3)C2=O)C1. The summed E-state index contributed by atoms with van der Waals surface area (Å²) in [5.74, 6) is 1.79. The zero-order valence-corrected chi connectivity index (χ0v) is 15.2. The molecule has 0 aromatic heterocycles. The number of carbonyl (C=O) groups excluding carboxylic acids is 2. The molecule has 130 valence electrons. The fraction of sp³-hybridized carbons (Fsp3) is 0.889. The van der Waals surface area contributed by atoms with Crippen molar-refractivity contribution in [1.29, 1.82) is 0 Å². The summed E-state index contributed by atoms with van der Waals surface area (Å²) in [7, 11) is 0. The van der Waals surface area contributed by atoms with Crippen LogP contribution >= 0.6 is 11.8 Å². The van der Waals surface area contributed by atoms with E-state index in [1.54, 1.807) is 11.8 Å². The van der Waals surface area contributed by atoms with Crippen LogP contribution in [0.3, 0.4) is 0 Å². The molecule has 3 aliphatic rings. The van der Waals surface area contributed by atoms with Gasteiger partial charge in [0.15, 0.2) is 0 Å². The standard InChI is InChI=1S/C18H30N2O2S/c1-23-13-16(21)20-11-9-18(14-20)8-5-10-19(17(18)22)12-15-6-3-2-4-7-15/h15H,2-14H2,1H3/t18-/m0/s1. The fourth-order valence-electron chi connectivity index (χ4n) is 4.69. The Hall–Kier alpha value is -0.710. The first-order valence-electron chi connectivity index (χ1n) is 9.21. The number of rotatable bonds is 4. The van der Waals surface area contributed by atoms with E-state index in [0.29, 0.717) is 24.1 Å². The van der Waals surface area contributed by atoms with Crippen LogP contribution in [0, 0.1) is 11.3 Å². The summed E-state index contributed by atoms with van der Waals surface area (Å²) in [6, 6.07) is 0. The Morgan fingerprint density at radius 3 is 2.70 bits per heavy atom. The van der Waals surface area contributed by atoms with Gasteiger partial charge in [-0.1, -0.05) is 19.3 Å². The van der Waals surface area contributed by atoms with Crippen LogP contribution in [0.15, 0.2) is 0 Å². The molecule has 3 fully saturated rings. The Bertz CT molecular complexity index is 450. The van der Waals surface area contributed by atoms with Gasteiger partial charge in [0, 0.05) is 26.2 Å². The van der Waals surface area contributed by atoms with Crippen LogP contribution in [0.1, 0.15) is 51.4 Å². The number of carbonyl (C=O) groups is 2. The molecule has 0 aromatic carbocycles. The van der Waals surface area contributed by atoms with E-state index in [4.69, 9.17) is 0 Å². The van der Waals surface area contributed by atoms with E-state index < -0.39 is 0 Å². The molecule has 5 heteroatoms. The Labute approximate surface area is 144 Å². The highest BCUT2D eigenvalue weighted by Crippen LogP contribution is 2.41. The van der Waals surface area contributed by atoms with E-state index >= 15 is 0 Å². The van der Waals surface area contributed by atoms with Gasteiger partial charge in [-0.05, 0) is 44.3 Å². The van der Waals surface area contributed by atoms with Gasteiger partial charge in [0.25, 0.3) is 0 Å². The molecular weight excluding hydrogens is 308 g/mol. The molecule has 0 unspecified atom stereocenters. The van der Waals surface area contributed by atoms with E-state index in [0.717, 1.165) is 38.9 Å². The van der Waals surface area contributed by atoms with Crippen LogP contribution < -0.4 is 0 Å². The zero-order chi connectivity index (χ0) is 16.3. The van der Waals surface area contributed by atoms with Crippen LogP contribution in [0.5, 0.6) is 0 Å². The molecule has 1 atom stereocenters. The molecule has 3 rings (SSSR count). The highest BCUT2D eigenvalue weighted by Gasteiger charge is 2.49. The average Bonchev–Trinajstić information content (AvgIpc) is 2.99. The van der Waals surface area contributed by atoms with Gasteiger partial charge in [-0.15, -0.1) is 0 Å². The molecule has 1 spiro atoms. The van der Waals surface area contributed by atoms with E-state index in [9.17, 15) is 9.59 Å². The first-order chi connectivity index (χ1) is 11.1. The van der Waals surface area contributed by atoms with Crippen molar-refractivity contribution in [3.63, 3.8) is 0 Å². The Kier molecular flexibility index (Phi) is 5.55. The predicted octanol–water partition coefficient (Wildman–Crippen LogP) is 2.77. The molecule has 0 aromatic rings. The molecule has 2 heterocycles. The third kappa shape index (κ3) is 3.70. The largest absolute Gasteiger partial charge is 0.342 e. The van der Waals surface area contributed by atoms with E-state index in [-0.39, 0.29) is 11.3 Å². The van der Waals surface area contributed by atoms with Gasteiger partial charge in [-0.2, -0.15) is 11.8 Å². The maximum atomic E-state index is 13.1. The summed E-state index contributed by atoms with van der Waals surface area (Å²) in [5.41, 5.74) is -0.263. The second-order valence-corrected chi connectivity index (χ2v) is 8.50. The molecule has 23 heavy (non-hydrogen) atoms. The lowest BCUT2D eigenvalue weighted by Gasteiger charge is -2.41. The van der Waals surface area contributed by atoms with Crippen molar-refractivity contribution in [3.8, 4) is 0 Å². The lowest BCUT2D eigenvalue weighted by molar-refractivity contribution is -0.147. The molecule has 0 radical (unpaired) electrons. The predicted molar refractivity (Wildman–Crippen MR) is 94.4 cm³/mol. The minimum atomic E-state index is -0.263. The first-order valence-corrected chi connectivity index (χ1v) is 10.6. The number of hydrogen-bond donors (Lipinski definition) is 0. The smallest absolute Gasteiger partial charge is 0.232 e. The average molecular weight is 339 g/mol. The fourth-order valence-corrected chi connectivity index (χ4v) is 5.12. The molecular formula is C18H30N2O2S. The third-order valence-corrected chi connectivity index (χ3v) is 6.54. The number of nitrogens with zero attached hydrogens (tertiary/aromatic N) is 2. The number of hydrogen-bond acceptors (Lipinski definition) is 3. The van der Waals surface area contributed by atoms with Crippen molar-refractivity contribution < 1.29 is 9.59 Å². The summed E-state index contributed by atoms with van der Waals surface area (Å²) < 4.78 is 0. The molecule has 1 saturated carbocycles. The van der Waals surface area contributed by atoms with E-state index in [2.05, 4.69) is 4.90 Å². The van der Waals surface area contributed by atoms with Crippen molar-refractivity contribution in [2.45, 2.75) is 51.4 Å². The Morgan fingerprint density at radius 1 is 1.17 bits per heavy atom. The van der Waals surface area contributed by atoms with Crippen molar-refractivity contribution in [2.24, 2.45) is 11.3 Å². The van der Waals surface area contributed by atoms with Crippen molar-refractivity contribution in [1.82, 2.24) is 9.80 Å². The van der Waals surface area contributed by atoms with Gasteiger partial charge in [0.1, 0.15) is 0 Å². The van der Waals surface area contributed by atoms with Crippen molar-refractivity contribution >= 4 is 23.6 Å². The number of piperidine rings is 1. The lowest BCUT2D eigenvalue weighted by Crippen LogP contribution is -2.51. The normalized spacial score (nSPS) is 29.5.